The molecule has 4 atom stereocenters. The molecular weight excluding hydrogens is 813 g/mol. The second kappa shape index (κ2) is 18.8. The van der Waals surface area contributed by atoms with Crippen LogP contribution in [-0.4, -0.2) is 50.7 Å². The summed E-state index contributed by atoms with van der Waals surface area (Å²) >= 11 is 12.2. The molecule has 6 aromatic rings. The third-order valence-electron chi connectivity index (χ3n) is 11.3. The maximum atomic E-state index is 14.4. The van der Waals surface area contributed by atoms with Crippen LogP contribution in [-0.2, 0) is 42.2 Å². The van der Waals surface area contributed by atoms with E-state index in [1.165, 1.54) is 0 Å². The van der Waals surface area contributed by atoms with Gasteiger partial charge in [0.05, 0.1) is 28.4 Å². The van der Waals surface area contributed by atoms with Gasteiger partial charge in [0.25, 0.3) is 0 Å². The van der Waals surface area contributed by atoms with E-state index in [-0.39, 0.29) is 31.1 Å². The summed E-state index contributed by atoms with van der Waals surface area (Å²) in [5, 5.41) is 23.7. The van der Waals surface area contributed by atoms with Gasteiger partial charge in [-0.05, 0) is 106 Å². The number of amides is 1. The van der Waals surface area contributed by atoms with Crippen LogP contribution in [0.25, 0.3) is 11.1 Å². The van der Waals surface area contributed by atoms with Gasteiger partial charge >= 0.3 is 5.97 Å². The summed E-state index contributed by atoms with van der Waals surface area (Å²) in [6.45, 7) is 3.02. The number of fused-ring (bicyclic) bond motifs is 2. The molecule has 2 aliphatic heterocycles. The molecule has 312 valence electrons. The molecule has 0 saturated carbocycles. The van der Waals surface area contributed by atoms with Crippen LogP contribution in [0.3, 0.4) is 0 Å². The zero-order valence-corrected chi connectivity index (χ0v) is 35.0. The first-order valence-electron chi connectivity index (χ1n) is 20.3. The first-order valence-corrected chi connectivity index (χ1v) is 21.0. The second-order valence-corrected chi connectivity index (χ2v) is 16.1. The average molecular weight is 859 g/mol. The lowest BCUT2D eigenvalue weighted by molar-refractivity contribution is -0.143. The smallest absolute Gasteiger partial charge is 0.326 e. The number of aliphatic carboxylic acids is 1. The molecule has 1 aromatic heterocycles. The van der Waals surface area contributed by atoms with Crippen LogP contribution in [0.1, 0.15) is 64.6 Å². The van der Waals surface area contributed by atoms with E-state index in [9.17, 15) is 19.8 Å². The van der Waals surface area contributed by atoms with Gasteiger partial charge in [0.2, 0.25) is 5.91 Å². The summed E-state index contributed by atoms with van der Waals surface area (Å²) < 4.78 is 18.8. The molecule has 0 bridgehead atoms. The van der Waals surface area contributed by atoms with E-state index in [0.717, 1.165) is 50.9 Å². The number of benzene rings is 5. The van der Waals surface area contributed by atoms with Crippen molar-refractivity contribution in [1.29, 1.82) is 0 Å². The Labute approximate surface area is 364 Å². The molecule has 3 N–H and O–H groups in total. The first-order chi connectivity index (χ1) is 29.6. The Kier molecular flexibility index (Phi) is 12.9. The molecule has 12 heteroatoms. The molecule has 0 spiro atoms. The van der Waals surface area contributed by atoms with Gasteiger partial charge in [-0.3, -0.25) is 14.7 Å². The third-order valence-corrected chi connectivity index (χ3v) is 12.1. The van der Waals surface area contributed by atoms with Gasteiger partial charge in [0.1, 0.15) is 25.0 Å². The van der Waals surface area contributed by atoms with Crippen molar-refractivity contribution in [2.75, 3.05) is 6.61 Å². The van der Waals surface area contributed by atoms with E-state index < -0.39 is 18.1 Å². The summed E-state index contributed by atoms with van der Waals surface area (Å²) in [6.07, 6.45) is 2.49. The molecule has 8 rings (SSSR count). The highest BCUT2D eigenvalue weighted by Gasteiger charge is 2.39. The lowest BCUT2D eigenvalue weighted by Gasteiger charge is -2.42. The Morgan fingerprint density at radius 2 is 1.62 bits per heavy atom. The van der Waals surface area contributed by atoms with E-state index >= 15 is 0 Å². The molecule has 0 saturated heterocycles. The number of hydrogen-bond donors (Lipinski definition) is 3. The number of nitrogens with zero attached hydrogens (tertiary/aromatic N) is 2. The van der Waals surface area contributed by atoms with Gasteiger partial charge in [-0.25, -0.2) is 4.79 Å². The molecule has 10 nitrogen and oxygen atoms in total. The normalized spacial score (nSPS) is 16.9. The summed E-state index contributed by atoms with van der Waals surface area (Å²) in [5.74, 6) is 0.464. The van der Waals surface area contributed by atoms with Gasteiger partial charge in [-0.2, -0.15) is 0 Å². The molecule has 4 unspecified atom stereocenters. The van der Waals surface area contributed by atoms with E-state index in [2.05, 4.69) is 34.3 Å². The van der Waals surface area contributed by atoms with E-state index in [0.29, 0.717) is 59.2 Å². The highest BCUT2D eigenvalue weighted by Crippen LogP contribution is 2.42. The van der Waals surface area contributed by atoms with Crippen molar-refractivity contribution in [2.45, 2.75) is 70.2 Å². The summed E-state index contributed by atoms with van der Waals surface area (Å²) in [5.41, 5.74) is 8.01. The van der Waals surface area contributed by atoms with Crippen molar-refractivity contribution in [3.63, 3.8) is 0 Å². The third kappa shape index (κ3) is 9.69. The molecule has 0 radical (unpaired) electrons. The van der Waals surface area contributed by atoms with Crippen LogP contribution >= 0.6 is 23.2 Å². The standard InChI is InChI=1S/C49H45Cl2N3O7/c1-2-43(33-6-4-3-5-7-33)54-26-37-25-46-45(60-29-47(61-46)34-13-15-39(16-14-34)59-28-31-10-17-40(50)41(51)20-31)24-36(37)23-44(54)48(56)53-42(49(57)58)21-30-8-11-32(12-9-30)35-18-19-52-38(22-35)27-55/h3-20,22,24-25,42-44,47,55H,2,21,23,26-29H2,1H3,(H,53,56)(H,57,58). The van der Waals surface area contributed by atoms with E-state index in [4.69, 9.17) is 37.4 Å². The van der Waals surface area contributed by atoms with Gasteiger partial charge in [0, 0.05) is 25.2 Å². The summed E-state index contributed by atoms with van der Waals surface area (Å²) in [4.78, 5) is 33.4. The van der Waals surface area contributed by atoms with Crippen molar-refractivity contribution < 1.29 is 34.0 Å². The monoisotopic (exact) mass is 857 g/mol. The molecule has 0 fully saturated rings. The van der Waals surface area contributed by atoms with Gasteiger partial charge < -0.3 is 29.7 Å². The number of aliphatic hydroxyl groups is 1. The molecule has 5 aromatic carbocycles. The average Bonchev–Trinajstić information content (AvgIpc) is 3.29. The summed E-state index contributed by atoms with van der Waals surface area (Å²) in [7, 11) is 0. The van der Waals surface area contributed by atoms with Crippen molar-refractivity contribution in [2.24, 2.45) is 0 Å². The van der Waals surface area contributed by atoms with Crippen molar-refractivity contribution in [3.8, 4) is 28.4 Å². The van der Waals surface area contributed by atoms with Crippen LogP contribution in [0.15, 0.2) is 128 Å². The van der Waals surface area contributed by atoms with Crippen LogP contribution in [0.4, 0.5) is 0 Å². The number of pyridine rings is 1. The first kappa shape index (κ1) is 41.8. The Balaban J connectivity index is 0.989. The Morgan fingerprint density at radius 1 is 0.869 bits per heavy atom. The van der Waals surface area contributed by atoms with Crippen molar-refractivity contribution in [1.82, 2.24) is 15.2 Å². The minimum atomic E-state index is -1.15. The lowest BCUT2D eigenvalue weighted by Crippen LogP contribution is -2.55. The Hall–Kier alpha value is -5.91. The topological polar surface area (TPSA) is 130 Å². The maximum Gasteiger partial charge on any atom is 0.326 e. The van der Waals surface area contributed by atoms with E-state index in [1.807, 2.05) is 97.1 Å². The van der Waals surface area contributed by atoms with Crippen molar-refractivity contribution >= 4 is 35.1 Å². The number of carbonyl (C=O) groups excluding carboxylic acids is 1. The number of aromatic nitrogens is 1. The number of rotatable bonds is 14. The molecular formula is C49H45Cl2N3O7. The Bertz CT molecular complexity index is 2500. The largest absolute Gasteiger partial charge is 0.489 e. The molecule has 0 aliphatic carbocycles. The predicted molar refractivity (Wildman–Crippen MR) is 234 cm³/mol. The second-order valence-electron chi connectivity index (χ2n) is 15.3. The van der Waals surface area contributed by atoms with Crippen LogP contribution in [0, 0.1) is 0 Å². The van der Waals surface area contributed by atoms with Crippen LogP contribution in [0.2, 0.25) is 10.0 Å². The fourth-order valence-corrected chi connectivity index (χ4v) is 8.42. The number of hydrogen-bond acceptors (Lipinski definition) is 8. The number of aliphatic hydroxyl groups excluding tert-OH is 1. The molecule has 3 heterocycles. The quantitative estimate of drug-likeness (QED) is 0.0982. The number of carboxylic acids is 1. The highest BCUT2D eigenvalue weighted by atomic mass is 35.5. The molecule has 2 aliphatic rings. The van der Waals surface area contributed by atoms with Crippen LogP contribution < -0.4 is 19.5 Å². The minimum absolute atomic E-state index is 0.104. The highest BCUT2D eigenvalue weighted by molar-refractivity contribution is 6.42. The fraction of sp³-hybridized carbons (Fsp3) is 0.245. The number of halogens is 2. The zero-order valence-electron chi connectivity index (χ0n) is 33.5. The molecule has 61 heavy (non-hydrogen) atoms. The van der Waals surface area contributed by atoms with Gasteiger partial charge in [-0.15, -0.1) is 0 Å². The number of carbonyl (C=O) groups is 2. The lowest BCUT2D eigenvalue weighted by atomic mass is 9.89. The fourth-order valence-electron chi connectivity index (χ4n) is 8.10. The van der Waals surface area contributed by atoms with Crippen LogP contribution in [0.5, 0.6) is 17.2 Å². The van der Waals surface area contributed by atoms with E-state index in [1.54, 1.807) is 18.3 Å². The van der Waals surface area contributed by atoms with Gasteiger partial charge in [0.15, 0.2) is 17.6 Å². The predicted octanol–water partition coefficient (Wildman–Crippen LogP) is 9.33. The Morgan fingerprint density at radius 3 is 2.34 bits per heavy atom. The number of nitrogens with one attached hydrogen (secondary N) is 1. The minimum Gasteiger partial charge on any atom is -0.489 e. The number of carboxylic acid groups (broad SMARTS) is 1. The number of ether oxygens (including phenoxy) is 3. The van der Waals surface area contributed by atoms with Gasteiger partial charge in [-0.1, -0.05) is 103 Å². The SMILES string of the molecule is CCC(c1ccccc1)N1Cc2cc3c(cc2CC1C(=O)NC(Cc1ccc(-c2ccnc(CO)c2)cc1)C(=O)O)OCC(c1ccc(OCc2ccc(Cl)c(Cl)c2)cc1)O3. The maximum absolute atomic E-state index is 14.4. The van der Waals surface area contributed by atoms with Crippen molar-refractivity contribution in [3.05, 3.63) is 177 Å². The molecule has 1 amide bonds. The zero-order chi connectivity index (χ0) is 42.5. The summed E-state index contributed by atoms with van der Waals surface area (Å²) in [6, 6.07) is 36.5.